The van der Waals surface area contributed by atoms with E-state index in [9.17, 15) is 4.79 Å². The van der Waals surface area contributed by atoms with Gasteiger partial charge in [-0.1, -0.05) is 39.5 Å². The predicted molar refractivity (Wildman–Crippen MR) is 79.1 cm³/mol. The summed E-state index contributed by atoms with van der Waals surface area (Å²) in [5.41, 5.74) is -0.256. The summed E-state index contributed by atoms with van der Waals surface area (Å²) >= 11 is 0. The van der Waals surface area contributed by atoms with Crippen molar-refractivity contribution in [2.24, 2.45) is 5.92 Å². The van der Waals surface area contributed by atoms with Gasteiger partial charge in [-0.25, -0.2) is 0 Å². The first-order valence-electron chi connectivity index (χ1n) is 8.26. The summed E-state index contributed by atoms with van der Waals surface area (Å²) < 4.78 is 0. The second kappa shape index (κ2) is 6.74. The molecule has 1 saturated carbocycles. The Morgan fingerprint density at radius 2 is 2.16 bits per heavy atom. The molecule has 110 valence electrons. The van der Waals surface area contributed by atoms with E-state index >= 15 is 0 Å². The Bertz CT molecular complexity index is 297. The van der Waals surface area contributed by atoms with Crippen LogP contribution in [0.15, 0.2) is 0 Å². The van der Waals surface area contributed by atoms with Crippen molar-refractivity contribution in [1.29, 1.82) is 0 Å². The van der Waals surface area contributed by atoms with E-state index in [0.717, 1.165) is 38.1 Å². The van der Waals surface area contributed by atoms with Gasteiger partial charge < -0.3 is 10.6 Å². The third kappa shape index (κ3) is 3.50. The maximum absolute atomic E-state index is 12.6. The molecule has 1 aliphatic carbocycles. The van der Waals surface area contributed by atoms with Crippen LogP contribution < -0.4 is 10.6 Å². The molecule has 3 atom stereocenters. The van der Waals surface area contributed by atoms with Crippen molar-refractivity contribution in [3.63, 3.8) is 0 Å². The van der Waals surface area contributed by atoms with Gasteiger partial charge in [-0.05, 0) is 44.6 Å². The van der Waals surface area contributed by atoms with Crippen molar-refractivity contribution in [1.82, 2.24) is 10.6 Å². The molecule has 3 unspecified atom stereocenters. The van der Waals surface area contributed by atoms with Gasteiger partial charge in [0.2, 0.25) is 5.91 Å². The van der Waals surface area contributed by atoms with E-state index in [0.29, 0.717) is 6.04 Å². The predicted octanol–water partition coefficient (Wildman–Crippen LogP) is 2.99. The maximum atomic E-state index is 12.6. The smallest absolute Gasteiger partial charge is 0.240 e. The van der Waals surface area contributed by atoms with E-state index in [1.165, 1.54) is 32.1 Å². The molecule has 2 fully saturated rings. The molecule has 2 N–H and O–H groups in total. The van der Waals surface area contributed by atoms with Crippen molar-refractivity contribution in [3.05, 3.63) is 0 Å². The van der Waals surface area contributed by atoms with Crippen LogP contribution in [0.3, 0.4) is 0 Å². The lowest BCUT2D eigenvalue weighted by atomic mass is 9.83. The van der Waals surface area contributed by atoms with Crippen LogP contribution in [-0.2, 0) is 4.79 Å². The number of hydrogen-bond donors (Lipinski definition) is 2. The average molecular weight is 266 g/mol. The molecule has 19 heavy (non-hydrogen) atoms. The molecule has 0 aromatic carbocycles. The molecule has 0 bridgehead atoms. The van der Waals surface area contributed by atoms with Crippen LogP contribution in [0.4, 0.5) is 0 Å². The summed E-state index contributed by atoms with van der Waals surface area (Å²) in [6.07, 6.45) is 10.4. The lowest BCUT2D eigenvalue weighted by Crippen LogP contribution is -2.56. The van der Waals surface area contributed by atoms with E-state index in [2.05, 4.69) is 24.5 Å². The third-order valence-electron chi connectivity index (χ3n) is 5.05. The topological polar surface area (TPSA) is 41.1 Å². The zero-order valence-corrected chi connectivity index (χ0v) is 12.6. The molecule has 0 radical (unpaired) electrons. The molecule has 1 heterocycles. The molecule has 1 amide bonds. The first-order valence-corrected chi connectivity index (χ1v) is 8.26. The SMILES string of the molecule is CCCC1(C(=O)NC2CCCC(CC)C2)CCCN1. The highest BCUT2D eigenvalue weighted by molar-refractivity contribution is 5.87. The van der Waals surface area contributed by atoms with Gasteiger partial charge in [-0.3, -0.25) is 4.79 Å². The summed E-state index contributed by atoms with van der Waals surface area (Å²) in [4.78, 5) is 12.6. The van der Waals surface area contributed by atoms with Crippen LogP contribution in [0.25, 0.3) is 0 Å². The fourth-order valence-corrected chi connectivity index (χ4v) is 3.87. The zero-order chi connectivity index (χ0) is 13.7. The first kappa shape index (κ1) is 14.8. The quantitative estimate of drug-likeness (QED) is 0.803. The maximum Gasteiger partial charge on any atom is 0.240 e. The van der Waals surface area contributed by atoms with Gasteiger partial charge >= 0.3 is 0 Å². The lowest BCUT2D eigenvalue weighted by molar-refractivity contribution is -0.128. The summed E-state index contributed by atoms with van der Waals surface area (Å²) in [6.45, 7) is 5.43. The second-order valence-corrected chi connectivity index (χ2v) is 6.47. The summed E-state index contributed by atoms with van der Waals surface area (Å²) in [5, 5.41) is 6.82. The summed E-state index contributed by atoms with van der Waals surface area (Å²) in [6, 6.07) is 0.419. The van der Waals surface area contributed by atoms with Gasteiger partial charge in [0.25, 0.3) is 0 Å². The minimum atomic E-state index is -0.256. The van der Waals surface area contributed by atoms with E-state index in [-0.39, 0.29) is 11.4 Å². The largest absolute Gasteiger partial charge is 0.352 e. The van der Waals surface area contributed by atoms with Gasteiger partial charge in [-0.2, -0.15) is 0 Å². The van der Waals surface area contributed by atoms with Crippen molar-refractivity contribution in [2.45, 2.75) is 83.2 Å². The Hall–Kier alpha value is -0.570. The molecule has 1 aliphatic heterocycles. The highest BCUT2D eigenvalue weighted by Crippen LogP contribution is 2.29. The monoisotopic (exact) mass is 266 g/mol. The minimum absolute atomic E-state index is 0.256. The highest BCUT2D eigenvalue weighted by atomic mass is 16.2. The van der Waals surface area contributed by atoms with Gasteiger partial charge in [0.05, 0.1) is 5.54 Å². The number of carbonyl (C=O) groups excluding carboxylic acids is 1. The molecule has 0 spiro atoms. The van der Waals surface area contributed by atoms with Crippen molar-refractivity contribution < 1.29 is 4.79 Å². The van der Waals surface area contributed by atoms with Crippen LogP contribution in [0.1, 0.15) is 71.6 Å². The van der Waals surface area contributed by atoms with Gasteiger partial charge in [0, 0.05) is 6.04 Å². The molecule has 1 saturated heterocycles. The van der Waals surface area contributed by atoms with Gasteiger partial charge in [-0.15, -0.1) is 0 Å². The first-order chi connectivity index (χ1) is 9.20. The number of hydrogen-bond acceptors (Lipinski definition) is 2. The van der Waals surface area contributed by atoms with E-state index in [1.807, 2.05) is 0 Å². The molecular weight excluding hydrogens is 236 g/mol. The van der Waals surface area contributed by atoms with E-state index in [1.54, 1.807) is 0 Å². The van der Waals surface area contributed by atoms with Crippen molar-refractivity contribution >= 4 is 5.91 Å². The molecular formula is C16H30N2O. The molecule has 3 heteroatoms. The van der Waals surface area contributed by atoms with Crippen LogP contribution in [0.2, 0.25) is 0 Å². The van der Waals surface area contributed by atoms with Gasteiger partial charge in [0.15, 0.2) is 0 Å². The van der Waals surface area contributed by atoms with Crippen LogP contribution in [-0.4, -0.2) is 24.0 Å². The van der Waals surface area contributed by atoms with Gasteiger partial charge in [0.1, 0.15) is 0 Å². The second-order valence-electron chi connectivity index (χ2n) is 6.47. The standard InChI is InChI=1S/C16H30N2O/c1-3-9-16(10-6-11-17-16)15(19)18-14-8-5-7-13(4-2)12-14/h13-14,17H,3-12H2,1-2H3,(H,18,19). The normalized spacial score (nSPS) is 35.3. The summed E-state index contributed by atoms with van der Waals surface area (Å²) in [7, 11) is 0. The Balaban J connectivity index is 1.91. The number of nitrogens with one attached hydrogen (secondary N) is 2. The molecule has 0 aromatic heterocycles. The van der Waals surface area contributed by atoms with E-state index in [4.69, 9.17) is 0 Å². The minimum Gasteiger partial charge on any atom is -0.352 e. The molecule has 0 aromatic rings. The Labute approximate surface area is 117 Å². The van der Waals surface area contributed by atoms with Crippen molar-refractivity contribution in [3.8, 4) is 0 Å². The van der Waals surface area contributed by atoms with Crippen LogP contribution in [0, 0.1) is 5.92 Å². The fourth-order valence-electron chi connectivity index (χ4n) is 3.87. The number of amides is 1. The van der Waals surface area contributed by atoms with Crippen molar-refractivity contribution in [2.75, 3.05) is 6.54 Å². The zero-order valence-electron chi connectivity index (χ0n) is 12.6. The number of rotatable bonds is 5. The van der Waals surface area contributed by atoms with Crippen LogP contribution >= 0.6 is 0 Å². The van der Waals surface area contributed by atoms with Crippen LogP contribution in [0.5, 0.6) is 0 Å². The average Bonchev–Trinajstić information content (AvgIpc) is 2.89. The molecule has 2 aliphatic rings. The third-order valence-corrected chi connectivity index (χ3v) is 5.05. The molecule has 3 nitrogen and oxygen atoms in total. The summed E-state index contributed by atoms with van der Waals surface area (Å²) in [5.74, 6) is 1.09. The lowest BCUT2D eigenvalue weighted by Gasteiger charge is -2.34. The Kier molecular flexibility index (Phi) is 5.26. The fraction of sp³-hybridized carbons (Fsp3) is 0.938. The Morgan fingerprint density at radius 3 is 2.79 bits per heavy atom. The molecule has 2 rings (SSSR count). The Morgan fingerprint density at radius 1 is 1.32 bits per heavy atom. The van der Waals surface area contributed by atoms with E-state index < -0.39 is 0 Å². The number of carbonyl (C=O) groups is 1. The highest BCUT2D eigenvalue weighted by Gasteiger charge is 2.40.